The maximum absolute atomic E-state index is 11.5. The first-order chi connectivity index (χ1) is 12.8. The monoisotopic (exact) mass is 374 g/mol. The van der Waals surface area contributed by atoms with E-state index in [4.69, 9.17) is 18.9 Å². The Labute approximate surface area is 161 Å². The van der Waals surface area contributed by atoms with Gasteiger partial charge in [0.2, 0.25) is 0 Å². The molecule has 0 aromatic rings. The predicted molar refractivity (Wildman–Crippen MR) is 106 cm³/mol. The molecule has 0 rings (SSSR count). The topological polar surface area (TPSA) is 54.0 Å². The lowest BCUT2D eigenvalue weighted by Crippen LogP contribution is -2.11. The molecule has 0 saturated carbocycles. The number of hydrogen-bond acceptors (Lipinski definition) is 5. The van der Waals surface area contributed by atoms with E-state index in [0.717, 1.165) is 25.9 Å². The van der Waals surface area contributed by atoms with Crippen LogP contribution in [0.25, 0.3) is 0 Å². The quantitative estimate of drug-likeness (QED) is 0.211. The van der Waals surface area contributed by atoms with Crippen LogP contribution in [0.1, 0.15) is 84.5 Å². The van der Waals surface area contributed by atoms with Gasteiger partial charge in [-0.15, -0.1) is 0 Å². The predicted octanol–water partition coefficient (Wildman–Crippen LogP) is 4.91. The van der Waals surface area contributed by atoms with Crippen LogP contribution in [0, 0.1) is 0 Å². The summed E-state index contributed by atoms with van der Waals surface area (Å²) in [5, 5.41) is 0. The van der Waals surface area contributed by atoms with Gasteiger partial charge in [-0.2, -0.15) is 0 Å². The van der Waals surface area contributed by atoms with Crippen molar-refractivity contribution in [2.75, 3.05) is 46.2 Å². The molecule has 0 aliphatic heterocycles. The molecule has 0 atom stereocenters. The highest BCUT2D eigenvalue weighted by atomic mass is 16.5. The number of esters is 1. The Morgan fingerprint density at radius 2 is 1.00 bits per heavy atom. The van der Waals surface area contributed by atoms with E-state index in [0.29, 0.717) is 52.5 Å². The zero-order valence-electron chi connectivity index (χ0n) is 17.3. The first-order valence-corrected chi connectivity index (χ1v) is 10.7. The molecule has 0 radical (unpaired) electrons. The van der Waals surface area contributed by atoms with Crippen LogP contribution in [0.5, 0.6) is 0 Å². The van der Waals surface area contributed by atoms with Crippen molar-refractivity contribution in [3.8, 4) is 0 Å². The SMILES string of the molecule is CCCCCCCOC(=O)CCCOCCOCCOCCCCCC. The van der Waals surface area contributed by atoms with Gasteiger partial charge in [-0.25, -0.2) is 0 Å². The van der Waals surface area contributed by atoms with E-state index in [-0.39, 0.29) is 5.97 Å². The van der Waals surface area contributed by atoms with Crippen molar-refractivity contribution >= 4 is 5.97 Å². The lowest BCUT2D eigenvalue weighted by molar-refractivity contribution is -0.144. The highest BCUT2D eigenvalue weighted by Crippen LogP contribution is 2.03. The summed E-state index contributed by atoms with van der Waals surface area (Å²) in [6.45, 7) is 8.75. The standard InChI is InChI=1S/C21H42O5/c1-3-5-7-9-11-16-26-21(22)13-12-15-24-18-20-25-19-17-23-14-10-8-6-4-2/h3-20H2,1-2H3. The molecule has 0 N–H and O–H groups in total. The number of rotatable bonds is 21. The third-order valence-electron chi connectivity index (χ3n) is 4.07. The molecule has 0 heterocycles. The van der Waals surface area contributed by atoms with Crippen LogP contribution in [0.4, 0.5) is 0 Å². The summed E-state index contributed by atoms with van der Waals surface area (Å²) in [5.74, 6) is -0.114. The normalized spacial score (nSPS) is 11.0. The Kier molecular flexibility index (Phi) is 21.8. The minimum atomic E-state index is -0.114. The van der Waals surface area contributed by atoms with Crippen molar-refractivity contribution in [3.63, 3.8) is 0 Å². The number of unbranched alkanes of at least 4 members (excludes halogenated alkanes) is 7. The van der Waals surface area contributed by atoms with E-state index in [1.807, 2.05) is 0 Å². The van der Waals surface area contributed by atoms with Gasteiger partial charge >= 0.3 is 5.97 Å². The van der Waals surface area contributed by atoms with Gasteiger partial charge in [-0.05, 0) is 19.3 Å². The van der Waals surface area contributed by atoms with E-state index < -0.39 is 0 Å². The number of carbonyl (C=O) groups excluding carboxylic acids is 1. The van der Waals surface area contributed by atoms with Crippen molar-refractivity contribution < 1.29 is 23.7 Å². The summed E-state index contributed by atoms with van der Waals surface area (Å²) in [4.78, 5) is 11.5. The Morgan fingerprint density at radius 3 is 1.62 bits per heavy atom. The fraction of sp³-hybridized carbons (Fsp3) is 0.952. The summed E-state index contributed by atoms with van der Waals surface area (Å²) in [5.41, 5.74) is 0. The highest BCUT2D eigenvalue weighted by Gasteiger charge is 2.02. The van der Waals surface area contributed by atoms with Crippen molar-refractivity contribution in [2.45, 2.75) is 84.5 Å². The summed E-state index contributed by atoms with van der Waals surface area (Å²) >= 11 is 0. The molecule has 0 saturated heterocycles. The third kappa shape index (κ3) is 21.4. The molecule has 0 aliphatic carbocycles. The Hall–Kier alpha value is -0.650. The van der Waals surface area contributed by atoms with Crippen LogP contribution in [0.2, 0.25) is 0 Å². The van der Waals surface area contributed by atoms with Crippen LogP contribution in [0.3, 0.4) is 0 Å². The first kappa shape index (κ1) is 25.4. The number of ether oxygens (including phenoxy) is 4. The van der Waals surface area contributed by atoms with E-state index in [1.165, 1.54) is 38.5 Å². The average molecular weight is 375 g/mol. The number of hydrogen-bond donors (Lipinski definition) is 0. The van der Waals surface area contributed by atoms with Gasteiger partial charge in [-0.3, -0.25) is 4.79 Å². The molecule has 0 unspecified atom stereocenters. The molecule has 0 aromatic carbocycles. The summed E-state index contributed by atoms with van der Waals surface area (Å²) < 4.78 is 21.6. The summed E-state index contributed by atoms with van der Waals surface area (Å²) in [6.07, 6.45) is 11.9. The molecule has 5 nitrogen and oxygen atoms in total. The summed E-state index contributed by atoms with van der Waals surface area (Å²) in [7, 11) is 0. The van der Waals surface area contributed by atoms with Gasteiger partial charge in [0.25, 0.3) is 0 Å². The smallest absolute Gasteiger partial charge is 0.305 e. The highest BCUT2D eigenvalue weighted by molar-refractivity contribution is 5.69. The molecular weight excluding hydrogens is 332 g/mol. The Morgan fingerprint density at radius 1 is 0.538 bits per heavy atom. The lowest BCUT2D eigenvalue weighted by Gasteiger charge is -2.07. The minimum Gasteiger partial charge on any atom is -0.466 e. The molecular formula is C21H42O5. The Bertz CT molecular complexity index is 284. The molecule has 156 valence electrons. The van der Waals surface area contributed by atoms with Crippen molar-refractivity contribution in [3.05, 3.63) is 0 Å². The molecule has 0 aromatic heterocycles. The second kappa shape index (κ2) is 22.4. The van der Waals surface area contributed by atoms with Crippen molar-refractivity contribution in [1.82, 2.24) is 0 Å². The molecule has 0 bridgehead atoms. The van der Waals surface area contributed by atoms with Crippen molar-refractivity contribution in [1.29, 1.82) is 0 Å². The van der Waals surface area contributed by atoms with Gasteiger partial charge in [-0.1, -0.05) is 58.8 Å². The zero-order chi connectivity index (χ0) is 19.1. The van der Waals surface area contributed by atoms with Crippen LogP contribution < -0.4 is 0 Å². The molecule has 0 aliphatic rings. The first-order valence-electron chi connectivity index (χ1n) is 10.7. The van der Waals surface area contributed by atoms with Crippen LogP contribution in [-0.4, -0.2) is 52.2 Å². The van der Waals surface area contributed by atoms with E-state index in [2.05, 4.69) is 13.8 Å². The van der Waals surface area contributed by atoms with Gasteiger partial charge in [0.15, 0.2) is 0 Å². The van der Waals surface area contributed by atoms with Gasteiger partial charge in [0.05, 0.1) is 33.0 Å². The number of carbonyl (C=O) groups is 1. The largest absolute Gasteiger partial charge is 0.466 e. The molecule has 0 spiro atoms. The Balaban J connectivity index is 3.11. The van der Waals surface area contributed by atoms with Crippen LogP contribution in [-0.2, 0) is 23.7 Å². The van der Waals surface area contributed by atoms with Gasteiger partial charge < -0.3 is 18.9 Å². The van der Waals surface area contributed by atoms with Crippen LogP contribution >= 0.6 is 0 Å². The second-order valence-corrected chi connectivity index (χ2v) is 6.64. The molecule has 5 heteroatoms. The minimum absolute atomic E-state index is 0.114. The van der Waals surface area contributed by atoms with Crippen LogP contribution in [0.15, 0.2) is 0 Å². The molecule has 26 heavy (non-hydrogen) atoms. The van der Waals surface area contributed by atoms with E-state index >= 15 is 0 Å². The molecule has 0 fully saturated rings. The average Bonchev–Trinajstić information content (AvgIpc) is 2.65. The fourth-order valence-corrected chi connectivity index (χ4v) is 2.46. The maximum atomic E-state index is 11.5. The molecule has 0 amide bonds. The maximum Gasteiger partial charge on any atom is 0.305 e. The fourth-order valence-electron chi connectivity index (χ4n) is 2.46. The van der Waals surface area contributed by atoms with E-state index in [9.17, 15) is 4.79 Å². The van der Waals surface area contributed by atoms with Gasteiger partial charge in [0, 0.05) is 19.6 Å². The second-order valence-electron chi connectivity index (χ2n) is 6.64. The third-order valence-corrected chi connectivity index (χ3v) is 4.07. The van der Waals surface area contributed by atoms with Crippen molar-refractivity contribution in [2.24, 2.45) is 0 Å². The summed E-state index contributed by atoms with van der Waals surface area (Å²) in [6, 6.07) is 0. The zero-order valence-corrected chi connectivity index (χ0v) is 17.3. The van der Waals surface area contributed by atoms with E-state index in [1.54, 1.807) is 0 Å². The lowest BCUT2D eigenvalue weighted by atomic mass is 10.2. The van der Waals surface area contributed by atoms with Gasteiger partial charge in [0.1, 0.15) is 0 Å².